The molecule has 1 aromatic carbocycles. The average Bonchev–Trinajstić information content (AvgIpc) is 2.41. The molecule has 1 rings (SSSR count). The summed E-state index contributed by atoms with van der Waals surface area (Å²) in [5, 5.41) is 12.1. The van der Waals surface area contributed by atoms with Crippen LogP contribution in [0, 0.1) is 5.92 Å². The van der Waals surface area contributed by atoms with Crippen LogP contribution in [0.3, 0.4) is 0 Å². The monoisotopic (exact) mass is 305 g/mol. The molecule has 118 valence electrons. The Morgan fingerprint density at radius 2 is 2.05 bits per heavy atom. The van der Waals surface area contributed by atoms with Gasteiger partial charge in [0.05, 0.1) is 5.56 Å². The molecule has 0 aliphatic carbocycles. The van der Waals surface area contributed by atoms with Crippen LogP contribution in [-0.2, 0) is 11.0 Å². The van der Waals surface area contributed by atoms with Gasteiger partial charge in [0, 0.05) is 12.5 Å². The molecule has 1 amide bonds. The van der Waals surface area contributed by atoms with Gasteiger partial charge in [-0.15, -0.1) is 0 Å². The Hall–Kier alpha value is -1.76. The minimum absolute atomic E-state index is 0.0130. The number of aliphatic hydroxyl groups is 1. The van der Waals surface area contributed by atoms with Gasteiger partial charge in [-0.05, 0) is 18.2 Å². The minimum Gasteiger partial charge on any atom is -0.491 e. The van der Waals surface area contributed by atoms with Crippen LogP contribution in [0.4, 0.5) is 13.2 Å². The summed E-state index contributed by atoms with van der Waals surface area (Å²) in [6.07, 6.45) is -5.44. The highest BCUT2D eigenvalue weighted by molar-refractivity contribution is 5.77. The quantitative estimate of drug-likeness (QED) is 0.847. The van der Waals surface area contributed by atoms with E-state index in [-0.39, 0.29) is 30.7 Å². The molecule has 4 nitrogen and oxygen atoms in total. The highest BCUT2D eigenvalue weighted by Crippen LogP contribution is 2.31. The summed E-state index contributed by atoms with van der Waals surface area (Å²) in [6.45, 7) is 3.19. The number of amides is 1. The predicted octanol–water partition coefficient (Wildman–Crippen LogP) is 2.22. The molecular formula is C14H18F3NO3. The Morgan fingerprint density at radius 1 is 1.38 bits per heavy atom. The maximum absolute atomic E-state index is 12.5. The highest BCUT2D eigenvalue weighted by atomic mass is 19.4. The van der Waals surface area contributed by atoms with Crippen molar-refractivity contribution in [3.8, 4) is 5.75 Å². The molecule has 1 aromatic rings. The van der Waals surface area contributed by atoms with Crippen molar-refractivity contribution in [3.63, 3.8) is 0 Å². The number of aliphatic hydroxyl groups excluding tert-OH is 1. The van der Waals surface area contributed by atoms with Crippen LogP contribution >= 0.6 is 0 Å². The van der Waals surface area contributed by atoms with E-state index in [1.54, 1.807) is 13.8 Å². The second-order valence-corrected chi connectivity index (χ2v) is 4.89. The molecular weight excluding hydrogens is 287 g/mol. The third-order valence-corrected chi connectivity index (χ3v) is 2.64. The van der Waals surface area contributed by atoms with E-state index >= 15 is 0 Å². The van der Waals surface area contributed by atoms with Crippen LogP contribution in [0.1, 0.15) is 19.4 Å². The Morgan fingerprint density at radius 3 is 2.62 bits per heavy atom. The van der Waals surface area contributed by atoms with Crippen molar-refractivity contribution >= 4 is 5.91 Å². The molecule has 0 fully saturated rings. The van der Waals surface area contributed by atoms with Crippen LogP contribution in [0.5, 0.6) is 5.75 Å². The van der Waals surface area contributed by atoms with Gasteiger partial charge >= 0.3 is 6.18 Å². The van der Waals surface area contributed by atoms with Crippen molar-refractivity contribution in [2.24, 2.45) is 5.92 Å². The van der Waals surface area contributed by atoms with Gasteiger partial charge in [0.25, 0.3) is 0 Å². The van der Waals surface area contributed by atoms with E-state index in [1.165, 1.54) is 12.1 Å². The van der Waals surface area contributed by atoms with Gasteiger partial charge in [-0.3, -0.25) is 4.79 Å². The molecule has 0 aliphatic rings. The molecule has 7 heteroatoms. The SMILES string of the molecule is CC(C)C(=O)NCC(O)COc1cccc(C(F)(F)F)c1. The summed E-state index contributed by atoms with van der Waals surface area (Å²) >= 11 is 0. The number of alkyl halides is 3. The molecule has 0 aliphatic heterocycles. The second kappa shape index (κ2) is 7.31. The van der Waals surface area contributed by atoms with Gasteiger partial charge in [-0.2, -0.15) is 13.2 Å². The number of benzene rings is 1. The Kier molecular flexibility index (Phi) is 6.02. The second-order valence-electron chi connectivity index (χ2n) is 4.89. The summed E-state index contributed by atoms with van der Waals surface area (Å²) in [5.74, 6) is -0.409. The van der Waals surface area contributed by atoms with Gasteiger partial charge in [-0.1, -0.05) is 19.9 Å². The fourth-order valence-electron chi connectivity index (χ4n) is 1.44. The first-order valence-electron chi connectivity index (χ1n) is 6.46. The van der Waals surface area contributed by atoms with E-state index in [2.05, 4.69) is 5.32 Å². The largest absolute Gasteiger partial charge is 0.491 e. The molecule has 0 spiro atoms. The molecule has 2 N–H and O–H groups in total. The Balaban J connectivity index is 2.46. The fraction of sp³-hybridized carbons (Fsp3) is 0.500. The first-order valence-corrected chi connectivity index (χ1v) is 6.46. The molecule has 0 heterocycles. The minimum atomic E-state index is -4.44. The van der Waals surface area contributed by atoms with Gasteiger partial charge in [0.2, 0.25) is 5.91 Å². The molecule has 0 saturated carbocycles. The summed E-state index contributed by atoms with van der Waals surface area (Å²) in [6, 6.07) is 4.39. The van der Waals surface area contributed by atoms with E-state index < -0.39 is 17.8 Å². The lowest BCUT2D eigenvalue weighted by molar-refractivity contribution is -0.137. The van der Waals surface area contributed by atoms with Gasteiger partial charge in [0.15, 0.2) is 0 Å². The number of carbonyl (C=O) groups is 1. The predicted molar refractivity (Wildman–Crippen MR) is 70.8 cm³/mol. The first kappa shape index (κ1) is 17.3. The zero-order chi connectivity index (χ0) is 16.0. The van der Waals surface area contributed by atoms with E-state index in [9.17, 15) is 23.1 Å². The van der Waals surface area contributed by atoms with Crippen LogP contribution in [0.25, 0.3) is 0 Å². The molecule has 1 unspecified atom stereocenters. The summed E-state index contributed by atoms with van der Waals surface area (Å²) in [4.78, 5) is 11.3. The number of rotatable bonds is 6. The number of ether oxygens (including phenoxy) is 1. The van der Waals surface area contributed by atoms with Crippen LogP contribution in [0.2, 0.25) is 0 Å². The third kappa shape index (κ3) is 6.03. The normalized spacial score (nSPS) is 13.1. The smallest absolute Gasteiger partial charge is 0.416 e. The third-order valence-electron chi connectivity index (χ3n) is 2.64. The van der Waals surface area contributed by atoms with Crippen LogP contribution in [-0.4, -0.2) is 30.3 Å². The number of hydrogen-bond acceptors (Lipinski definition) is 3. The molecule has 21 heavy (non-hydrogen) atoms. The zero-order valence-electron chi connectivity index (χ0n) is 11.8. The van der Waals surface area contributed by atoms with Gasteiger partial charge in [0.1, 0.15) is 18.5 Å². The highest BCUT2D eigenvalue weighted by Gasteiger charge is 2.30. The lowest BCUT2D eigenvalue weighted by Crippen LogP contribution is -2.37. The van der Waals surface area contributed by atoms with Crippen molar-refractivity contribution in [2.45, 2.75) is 26.1 Å². The molecule has 0 saturated heterocycles. The lowest BCUT2D eigenvalue weighted by atomic mass is 10.2. The Labute approximate surface area is 120 Å². The number of carbonyl (C=O) groups excluding carboxylic acids is 1. The summed E-state index contributed by atoms with van der Waals surface area (Å²) in [7, 11) is 0. The summed E-state index contributed by atoms with van der Waals surface area (Å²) in [5.41, 5.74) is -0.817. The van der Waals surface area contributed by atoms with E-state index in [0.717, 1.165) is 12.1 Å². The van der Waals surface area contributed by atoms with Gasteiger partial charge < -0.3 is 15.2 Å². The maximum Gasteiger partial charge on any atom is 0.416 e. The fourth-order valence-corrected chi connectivity index (χ4v) is 1.44. The lowest BCUT2D eigenvalue weighted by Gasteiger charge is -2.15. The molecule has 0 bridgehead atoms. The number of halogens is 3. The first-order chi connectivity index (χ1) is 9.70. The zero-order valence-corrected chi connectivity index (χ0v) is 11.8. The topological polar surface area (TPSA) is 58.6 Å². The van der Waals surface area contributed by atoms with E-state index in [0.29, 0.717) is 0 Å². The number of nitrogens with one attached hydrogen (secondary N) is 1. The van der Waals surface area contributed by atoms with Crippen molar-refractivity contribution < 1.29 is 27.8 Å². The number of hydrogen-bond donors (Lipinski definition) is 2. The average molecular weight is 305 g/mol. The molecule has 0 radical (unpaired) electrons. The van der Waals surface area contributed by atoms with Crippen molar-refractivity contribution in [1.82, 2.24) is 5.32 Å². The van der Waals surface area contributed by atoms with Crippen LogP contribution in [0.15, 0.2) is 24.3 Å². The molecule has 1 atom stereocenters. The van der Waals surface area contributed by atoms with E-state index in [1.807, 2.05) is 0 Å². The van der Waals surface area contributed by atoms with E-state index in [4.69, 9.17) is 4.74 Å². The summed E-state index contributed by atoms with van der Waals surface area (Å²) < 4.78 is 42.6. The van der Waals surface area contributed by atoms with Crippen molar-refractivity contribution in [2.75, 3.05) is 13.2 Å². The van der Waals surface area contributed by atoms with Crippen molar-refractivity contribution in [3.05, 3.63) is 29.8 Å². The maximum atomic E-state index is 12.5. The Bertz CT molecular complexity index is 475. The van der Waals surface area contributed by atoms with Crippen molar-refractivity contribution in [1.29, 1.82) is 0 Å². The van der Waals surface area contributed by atoms with Crippen LogP contribution < -0.4 is 10.1 Å². The standard InChI is InChI=1S/C14H18F3NO3/c1-9(2)13(20)18-7-11(19)8-21-12-5-3-4-10(6-12)14(15,16)17/h3-6,9,11,19H,7-8H2,1-2H3,(H,18,20). The molecule has 0 aromatic heterocycles. The van der Waals surface area contributed by atoms with Gasteiger partial charge in [-0.25, -0.2) is 0 Å².